The number of aromatic nitrogens is 3. The van der Waals surface area contributed by atoms with Gasteiger partial charge in [-0.3, -0.25) is 4.98 Å². The quantitative estimate of drug-likeness (QED) is 0.660. The third-order valence-corrected chi connectivity index (χ3v) is 4.12. The van der Waals surface area contributed by atoms with Crippen LogP contribution in [0.5, 0.6) is 11.5 Å². The number of hydrogen-bond donors (Lipinski definition) is 1. The summed E-state index contributed by atoms with van der Waals surface area (Å²) in [7, 11) is 1.59. The molecule has 0 radical (unpaired) electrons. The van der Waals surface area contributed by atoms with Gasteiger partial charge < -0.3 is 14.5 Å². The monoisotopic (exact) mass is 369 g/mol. The number of hydrogen-bond acceptors (Lipinski definition) is 5. The van der Waals surface area contributed by atoms with Crippen LogP contribution in [0, 0.1) is 0 Å². The smallest absolute Gasteiger partial charge is 0.422 e. The fourth-order valence-electron chi connectivity index (χ4n) is 2.09. The number of fused-ring (bicyclic) bond motifs is 1. The van der Waals surface area contributed by atoms with E-state index in [9.17, 15) is 13.2 Å². The summed E-state index contributed by atoms with van der Waals surface area (Å²) in [5.74, 6) is 1.31. The second-order valence-electron chi connectivity index (χ2n) is 5.10. The molecule has 0 amide bonds. The molecule has 0 spiro atoms. The molecule has 0 fully saturated rings. The zero-order chi connectivity index (χ0) is 17.9. The number of aromatic amines is 1. The van der Waals surface area contributed by atoms with Crippen molar-refractivity contribution in [3.05, 3.63) is 42.2 Å². The van der Waals surface area contributed by atoms with Crippen LogP contribution in [-0.4, -0.2) is 34.8 Å². The van der Waals surface area contributed by atoms with Gasteiger partial charge in [-0.2, -0.15) is 13.2 Å². The number of H-pyrrole nitrogens is 1. The highest BCUT2D eigenvalue weighted by Gasteiger charge is 2.28. The van der Waals surface area contributed by atoms with Crippen LogP contribution in [0.3, 0.4) is 0 Å². The number of halogens is 3. The predicted molar refractivity (Wildman–Crippen MR) is 88.0 cm³/mol. The molecule has 0 aliphatic heterocycles. The molecule has 0 bridgehead atoms. The third-order valence-electron chi connectivity index (χ3n) is 3.21. The molecule has 2 heterocycles. The Balaban J connectivity index is 1.65. The number of rotatable bonds is 6. The minimum Gasteiger partial charge on any atom is -0.497 e. The standard InChI is InChI=1S/C16H14F3N3O2S/c1-23-11-2-3-13-14(7-11)22-15(21-13)25-8-10-6-12(4-5-20-10)24-9-16(17,18)19/h2-7H,8-9H2,1H3,(H,21,22). The summed E-state index contributed by atoms with van der Waals surface area (Å²) < 4.78 is 46.5. The van der Waals surface area contributed by atoms with Gasteiger partial charge in [0, 0.05) is 24.1 Å². The van der Waals surface area contributed by atoms with Crippen LogP contribution in [0.2, 0.25) is 0 Å². The molecule has 0 aliphatic carbocycles. The Morgan fingerprint density at radius 2 is 2.00 bits per heavy atom. The average Bonchev–Trinajstić information content (AvgIpc) is 3.00. The van der Waals surface area contributed by atoms with E-state index in [-0.39, 0.29) is 5.75 Å². The van der Waals surface area contributed by atoms with Gasteiger partial charge in [0.05, 0.1) is 23.8 Å². The molecule has 2 aromatic heterocycles. The Kier molecular flexibility index (Phi) is 5.03. The molecular weight excluding hydrogens is 355 g/mol. The molecule has 3 rings (SSSR count). The van der Waals surface area contributed by atoms with E-state index in [1.54, 1.807) is 7.11 Å². The van der Waals surface area contributed by atoms with Crippen molar-refractivity contribution < 1.29 is 22.6 Å². The summed E-state index contributed by atoms with van der Waals surface area (Å²) in [6, 6.07) is 8.40. The number of pyridine rings is 1. The maximum atomic E-state index is 12.2. The molecule has 132 valence electrons. The Morgan fingerprint density at radius 3 is 2.76 bits per heavy atom. The van der Waals surface area contributed by atoms with Gasteiger partial charge >= 0.3 is 6.18 Å². The van der Waals surface area contributed by atoms with E-state index in [2.05, 4.69) is 15.0 Å². The van der Waals surface area contributed by atoms with Crippen LogP contribution < -0.4 is 9.47 Å². The Labute approximate surface area is 145 Å². The minimum absolute atomic E-state index is 0.136. The molecule has 5 nitrogen and oxygen atoms in total. The van der Waals surface area contributed by atoms with Crippen molar-refractivity contribution >= 4 is 22.8 Å². The first-order chi connectivity index (χ1) is 11.9. The predicted octanol–water partition coefficient (Wildman–Crippen LogP) is 4.20. The highest BCUT2D eigenvalue weighted by Crippen LogP contribution is 2.26. The summed E-state index contributed by atoms with van der Waals surface area (Å²) in [5, 5.41) is 0.687. The number of benzene rings is 1. The van der Waals surface area contributed by atoms with Gasteiger partial charge in [0.1, 0.15) is 11.5 Å². The highest BCUT2D eigenvalue weighted by atomic mass is 32.2. The van der Waals surface area contributed by atoms with E-state index in [4.69, 9.17) is 9.47 Å². The van der Waals surface area contributed by atoms with Crippen molar-refractivity contribution in [2.75, 3.05) is 13.7 Å². The lowest BCUT2D eigenvalue weighted by Crippen LogP contribution is -2.19. The van der Waals surface area contributed by atoms with Gasteiger partial charge in [-0.15, -0.1) is 0 Å². The van der Waals surface area contributed by atoms with Crippen molar-refractivity contribution in [1.29, 1.82) is 0 Å². The van der Waals surface area contributed by atoms with Gasteiger partial charge in [-0.1, -0.05) is 11.8 Å². The summed E-state index contributed by atoms with van der Waals surface area (Å²) >= 11 is 1.40. The summed E-state index contributed by atoms with van der Waals surface area (Å²) in [5.41, 5.74) is 2.25. The maximum Gasteiger partial charge on any atom is 0.422 e. The number of methoxy groups -OCH3 is 1. The Morgan fingerprint density at radius 1 is 1.16 bits per heavy atom. The lowest BCUT2D eigenvalue weighted by Gasteiger charge is -2.09. The van der Waals surface area contributed by atoms with E-state index < -0.39 is 12.8 Å². The fourth-order valence-corrected chi connectivity index (χ4v) is 2.88. The number of nitrogens with zero attached hydrogens (tertiary/aromatic N) is 2. The van der Waals surface area contributed by atoms with Gasteiger partial charge in [0.15, 0.2) is 11.8 Å². The van der Waals surface area contributed by atoms with E-state index >= 15 is 0 Å². The summed E-state index contributed by atoms with van der Waals surface area (Å²) in [6.07, 6.45) is -2.95. The molecule has 0 unspecified atom stereocenters. The number of ether oxygens (including phenoxy) is 2. The van der Waals surface area contributed by atoms with Crippen molar-refractivity contribution in [1.82, 2.24) is 15.0 Å². The lowest BCUT2D eigenvalue weighted by atomic mass is 10.3. The number of imidazole rings is 1. The molecule has 0 aliphatic rings. The van der Waals surface area contributed by atoms with Crippen LogP contribution in [-0.2, 0) is 5.75 Å². The normalized spacial score (nSPS) is 11.7. The molecule has 0 saturated carbocycles. The first-order valence-corrected chi connectivity index (χ1v) is 8.22. The zero-order valence-electron chi connectivity index (χ0n) is 13.1. The number of nitrogens with one attached hydrogen (secondary N) is 1. The van der Waals surface area contributed by atoms with Crippen LogP contribution in [0.1, 0.15) is 5.69 Å². The van der Waals surface area contributed by atoms with E-state index in [1.807, 2.05) is 18.2 Å². The molecular formula is C16H14F3N3O2S. The molecule has 1 aromatic carbocycles. The van der Waals surface area contributed by atoms with E-state index in [0.717, 1.165) is 16.8 Å². The van der Waals surface area contributed by atoms with Crippen molar-refractivity contribution in [2.45, 2.75) is 17.1 Å². The lowest BCUT2D eigenvalue weighted by molar-refractivity contribution is -0.153. The highest BCUT2D eigenvalue weighted by molar-refractivity contribution is 7.98. The van der Waals surface area contributed by atoms with Crippen molar-refractivity contribution in [2.24, 2.45) is 0 Å². The van der Waals surface area contributed by atoms with Crippen LogP contribution in [0.25, 0.3) is 11.0 Å². The first kappa shape index (κ1) is 17.4. The van der Waals surface area contributed by atoms with Gasteiger partial charge in [-0.05, 0) is 18.2 Å². The topological polar surface area (TPSA) is 60.0 Å². The minimum atomic E-state index is -4.37. The second-order valence-corrected chi connectivity index (χ2v) is 6.06. The SMILES string of the molecule is COc1ccc2nc(SCc3cc(OCC(F)(F)F)ccn3)[nH]c2c1. The van der Waals surface area contributed by atoms with Gasteiger partial charge in [0.2, 0.25) is 0 Å². The maximum absolute atomic E-state index is 12.2. The summed E-state index contributed by atoms with van der Waals surface area (Å²) in [4.78, 5) is 11.7. The molecule has 25 heavy (non-hydrogen) atoms. The van der Waals surface area contributed by atoms with Crippen molar-refractivity contribution in [3.63, 3.8) is 0 Å². The molecule has 9 heteroatoms. The zero-order valence-corrected chi connectivity index (χ0v) is 13.9. The van der Waals surface area contributed by atoms with Crippen molar-refractivity contribution in [3.8, 4) is 11.5 Å². The molecule has 0 atom stereocenters. The number of thioether (sulfide) groups is 1. The Bertz CT molecular complexity index is 867. The molecule has 3 aromatic rings. The van der Waals surface area contributed by atoms with E-state index in [0.29, 0.717) is 16.6 Å². The van der Waals surface area contributed by atoms with Gasteiger partial charge in [0.25, 0.3) is 0 Å². The second kappa shape index (κ2) is 7.22. The molecule has 1 N–H and O–H groups in total. The first-order valence-electron chi connectivity index (χ1n) is 7.24. The van der Waals surface area contributed by atoms with Gasteiger partial charge in [-0.25, -0.2) is 4.98 Å². The fraction of sp³-hybridized carbons (Fsp3) is 0.250. The van der Waals surface area contributed by atoms with Crippen LogP contribution in [0.15, 0.2) is 41.7 Å². The largest absolute Gasteiger partial charge is 0.497 e. The third kappa shape index (κ3) is 4.79. The molecule has 0 saturated heterocycles. The Hall–Kier alpha value is -2.42. The summed E-state index contributed by atoms with van der Waals surface area (Å²) in [6.45, 7) is -1.32. The van der Waals surface area contributed by atoms with Crippen LogP contribution >= 0.6 is 11.8 Å². The number of alkyl halides is 3. The average molecular weight is 369 g/mol. The van der Waals surface area contributed by atoms with Crippen LogP contribution in [0.4, 0.5) is 13.2 Å². The van der Waals surface area contributed by atoms with E-state index in [1.165, 1.54) is 30.1 Å².